The first-order valence-corrected chi connectivity index (χ1v) is 8.42. The SMILES string of the molecule is CC(O)C1CCN(S(=O)(=O)c2ccccc2C(F)(F)F)CC1. The molecule has 1 N–H and O–H groups in total. The first kappa shape index (κ1) is 17.2. The molecular formula is C14H18F3NO3S. The van der Waals surface area contributed by atoms with Gasteiger partial charge in [-0.2, -0.15) is 17.5 Å². The van der Waals surface area contributed by atoms with Crippen LogP contribution in [0.4, 0.5) is 13.2 Å². The van der Waals surface area contributed by atoms with E-state index < -0.39 is 32.8 Å². The van der Waals surface area contributed by atoms with Crippen molar-refractivity contribution in [3.8, 4) is 0 Å². The lowest BCUT2D eigenvalue weighted by molar-refractivity contribution is -0.139. The van der Waals surface area contributed by atoms with Crippen molar-refractivity contribution in [3.05, 3.63) is 29.8 Å². The predicted octanol–water partition coefficient (Wildman–Crippen LogP) is 2.49. The van der Waals surface area contributed by atoms with Gasteiger partial charge >= 0.3 is 6.18 Å². The molecule has 1 fully saturated rings. The maximum atomic E-state index is 13.0. The van der Waals surface area contributed by atoms with Crippen molar-refractivity contribution in [1.29, 1.82) is 0 Å². The van der Waals surface area contributed by atoms with Crippen molar-refractivity contribution in [2.75, 3.05) is 13.1 Å². The normalized spacial score (nSPS) is 20.0. The average Bonchev–Trinajstić information content (AvgIpc) is 2.46. The number of hydrogen-bond acceptors (Lipinski definition) is 3. The van der Waals surface area contributed by atoms with Crippen molar-refractivity contribution in [2.24, 2.45) is 5.92 Å². The molecule has 1 aliphatic rings. The van der Waals surface area contributed by atoms with Gasteiger partial charge in [0.15, 0.2) is 0 Å². The van der Waals surface area contributed by atoms with Crippen molar-refractivity contribution < 1.29 is 26.7 Å². The smallest absolute Gasteiger partial charge is 0.393 e. The van der Waals surface area contributed by atoms with Gasteiger partial charge in [-0.15, -0.1) is 0 Å². The lowest BCUT2D eigenvalue weighted by atomic mass is 9.93. The predicted molar refractivity (Wildman–Crippen MR) is 74.6 cm³/mol. The molecule has 0 spiro atoms. The summed E-state index contributed by atoms with van der Waals surface area (Å²) in [5, 5.41) is 9.52. The first-order valence-electron chi connectivity index (χ1n) is 6.98. The third-order valence-corrected chi connectivity index (χ3v) is 5.95. The molecule has 1 atom stereocenters. The fourth-order valence-electron chi connectivity index (χ4n) is 2.66. The molecule has 0 aromatic heterocycles. The summed E-state index contributed by atoms with van der Waals surface area (Å²) < 4.78 is 65.0. The molecule has 0 saturated carbocycles. The summed E-state index contributed by atoms with van der Waals surface area (Å²) in [6.07, 6.45) is -4.40. The number of aliphatic hydroxyl groups excluding tert-OH is 1. The third-order valence-electron chi connectivity index (χ3n) is 3.99. The van der Waals surface area contributed by atoms with E-state index in [0.29, 0.717) is 12.8 Å². The van der Waals surface area contributed by atoms with Gasteiger partial charge in [0.05, 0.1) is 16.6 Å². The molecule has 0 radical (unpaired) electrons. The lowest BCUT2D eigenvalue weighted by Gasteiger charge is -2.33. The van der Waals surface area contributed by atoms with E-state index in [2.05, 4.69) is 0 Å². The van der Waals surface area contributed by atoms with Crippen LogP contribution < -0.4 is 0 Å². The van der Waals surface area contributed by atoms with E-state index >= 15 is 0 Å². The fraction of sp³-hybridized carbons (Fsp3) is 0.571. The molecule has 2 rings (SSSR count). The minimum atomic E-state index is -4.72. The maximum Gasteiger partial charge on any atom is 0.417 e. The number of hydrogen-bond donors (Lipinski definition) is 1. The molecule has 0 amide bonds. The Kier molecular flexibility index (Phi) is 4.84. The van der Waals surface area contributed by atoms with Crippen LogP contribution in [-0.2, 0) is 16.2 Å². The Morgan fingerprint density at radius 3 is 2.27 bits per heavy atom. The molecule has 124 valence electrons. The molecule has 22 heavy (non-hydrogen) atoms. The Balaban J connectivity index is 2.30. The zero-order valence-corrected chi connectivity index (χ0v) is 12.9. The Morgan fingerprint density at radius 2 is 1.77 bits per heavy atom. The Bertz CT molecular complexity index is 620. The molecule has 1 unspecified atom stereocenters. The maximum absolute atomic E-state index is 13.0. The number of alkyl halides is 3. The minimum Gasteiger partial charge on any atom is -0.393 e. The molecular weight excluding hydrogens is 319 g/mol. The van der Waals surface area contributed by atoms with E-state index in [4.69, 9.17) is 0 Å². The summed E-state index contributed by atoms with van der Waals surface area (Å²) >= 11 is 0. The summed E-state index contributed by atoms with van der Waals surface area (Å²) in [6.45, 7) is 1.86. The quantitative estimate of drug-likeness (QED) is 0.922. The van der Waals surface area contributed by atoms with Crippen LogP contribution in [0, 0.1) is 5.92 Å². The van der Waals surface area contributed by atoms with Crippen LogP contribution in [0.5, 0.6) is 0 Å². The molecule has 0 aliphatic carbocycles. The topological polar surface area (TPSA) is 57.6 Å². The van der Waals surface area contributed by atoms with E-state index in [1.54, 1.807) is 6.92 Å². The van der Waals surface area contributed by atoms with Gasteiger partial charge in [0.25, 0.3) is 0 Å². The van der Waals surface area contributed by atoms with Gasteiger partial charge in [-0.05, 0) is 37.8 Å². The number of aliphatic hydroxyl groups is 1. The highest BCUT2D eigenvalue weighted by Gasteiger charge is 2.39. The fourth-order valence-corrected chi connectivity index (χ4v) is 4.35. The second-order valence-corrected chi connectivity index (χ2v) is 7.38. The molecule has 0 bridgehead atoms. The van der Waals surface area contributed by atoms with Crippen LogP contribution in [-0.4, -0.2) is 37.0 Å². The Labute approximate surface area is 127 Å². The van der Waals surface area contributed by atoms with Crippen LogP contribution in [0.25, 0.3) is 0 Å². The summed E-state index contributed by atoms with van der Waals surface area (Å²) in [6, 6.07) is 4.21. The zero-order valence-electron chi connectivity index (χ0n) is 12.0. The number of piperidine rings is 1. The van der Waals surface area contributed by atoms with Gasteiger partial charge in [0.2, 0.25) is 10.0 Å². The van der Waals surface area contributed by atoms with Gasteiger partial charge in [-0.25, -0.2) is 8.42 Å². The molecule has 1 aromatic carbocycles. The van der Waals surface area contributed by atoms with Crippen LogP contribution in [0.2, 0.25) is 0 Å². The molecule has 8 heteroatoms. The number of halogens is 3. The van der Waals surface area contributed by atoms with Crippen molar-refractivity contribution in [1.82, 2.24) is 4.31 Å². The van der Waals surface area contributed by atoms with Crippen LogP contribution in [0.15, 0.2) is 29.2 Å². The van der Waals surface area contributed by atoms with E-state index in [-0.39, 0.29) is 19.0 Å². The highest BCUT2D eigenvalue weighted by Crippen LogP contribution is 2.36. The van der Waals surface area contributed by atoms with Crippen molar-refractivity contribution >= 4 is 10.0 Å². The van der Waals surface area contributed by atoms with Crippen LogP contribution in [0.1, 0.15) is 25.3 Å². The first-order chi connectivity index (χ1) is 10.1. The van der Waals surface area contributed by atoms with Gasteiger partial charge in [-0.1, -0.05) is 12.1 Å². The minimum absolute atomic E-state index is 0.0238. The Hall–Kier alpha value is -1.12. The number of nitrogens with zero attached hydrogens (tertiary/aromatic N) is 1. The average molecular weight is 337 g/mol. The molecule has 1 saturated heterocycles. The monoisotopic (exact) mass is 337 g/mol. The van der Waals surface area contributed by atoms with Gasteiger partial charge in [0.1, 0.15) is 0 Å². The van der Waals surface area contributed by atoms with Crippen LogP contribution >= 0.6 is 0 Å². The summed E-state index contributed by atoms with van der Waals surface area (Å²) in [7, 11) is -4.19. The van der Waals surface area contributed by atoms with Gasteiger partial charge in [0, 0.05) is 13.1 Å². The van der Waals surface area contributed by atoms with E-state index in [0.717, 1.165) is 16.4 Å². The van der Waals surface area contributed by atoms with Gasteiger partial charge < -0.3 is 5.11 Å². The van der Waals surface area contributed by atoms with E-state index in [1.165, 1.54) is 12.1 Å². The van der Waals surface area contributed by atoms with E-state index in [9.17, 15) is 26.7 Å². The second-order valence-electron chi connectivity index (χ2n) is 5.48. The lowest BCUT2D eigenvalue weighted by Crippen LogP contribution is -2.41. The van der Waals surface area contributed by atoms with Crippen molar-refractivity contribution in [2.45, 2.75) is 36.9 Å². The standard InChI is InChI=1S/C14H18F3NO3S/c1-10(19)11-6-8-18(9-7-11)22(20,21)13-5-3-2-4-12(13)14(15,16)17/h2-5,10-11,19H,6-9H2,1H3. The second kappa shape index (κ2) is 6.17. The summed E-state index contributed by atoms with van der Waals surface area (Å²) in [5.41, 5.74) is -1.15. The zero-order chi connectivity index (χ0) is 16.5. The van der Waals surface area contributed by atoms with Gasteiger partial charge in [-0.3, -0.25) is 0 Å². The highest BCUT2D eigenvalue weighted by molar-refractivity contribution is 7.89. The molecule has 4 nitrogen and oxygen atoms in total. The number of sulfonamides is 1. The molecule has 1 heterocycles. The summed E-state index contributed by atoms with van der Waals surface area (Å²) in [5.74, 6) is -0.0238. The number of rotatable bonds is 3. The van der Waals surface area contributed by atoms with E-state index in [1.807, 2.05) is 0 Å². The third kappa shape index (κ3) is 3.44. The molecule has 1 aromatic rings. The van der Waals surface area contributed by atoms with Crippen LogP contribution in [0.3, 0.4) is 0 Å². The largest absolute Gasteiger partial charge is 0.417 e. The molecule has 1 aliphatic heterocycles. The van der Waals surface area contributed by atoms with Crippen molar-refractivity contribution in [3.63, 3.8) is 0 Å². The Morgan fingerprint density at radius 1 is 1.23 bits per heavy atom. The summed E-state index contributed by atoms with van der Waals surface area (Å²) in [4.78, 5) is -0.710. The number of benzene rings is 1. The highest BCUT2D eigenvalue weighted by atomic mass is 32.2.